The van der Waals surface area contributed by atoms with Gasteiger partial charge in [-0.3, -0.25) is 9.78 Å². The third-order valence-electron chi connectivity index (χ3n) is 3.78. The zero-order valence-electron chi connectivity index (χ0n) is 14.1. The van der Waals surface area contributed by atoms with Crippen molar-refractivity contribution in [1.29, 1.82) is 0 Å². The van der Waals surface area contributed by atoms with Crippen LogP contribution in [-0.4, -0.2) is 35.3 Å². The van der Waals surface area contributed by atoms with Gasteiger partial charge < -0.3 is 10.1 Å². The molecule has 0 aliphatic heterocycles. The van der Waals surface area contributed by atoms with Gasteiger partial charge >= 0.3 is 0 Å². The number of anilines is 1. The summed E-state index contributed by atoms with van der Waals surface area (Å²) in [6.07, 6.45) is 8.06. The van der Waals surface area contributed by atoms with Gasteiger partial charge in [0, 0.05) is 25.6 Å². The first kappa shape index (κ1) is 15.8. The normalized spacial score (nSPS) is 10.8. The summed E-state index contributed by atoms with van der Waals surface area (Å²) in [4.78, 5) is 21.0. The summed E-state index contributed by atoms with van der Waals surface area (Å²) < 4.78 is 8.96. The zero-order chi connectivity index (χ0) is 18.1. The van der Waals surface area contributed by atoms with Crippen LogP contribution in [0.15, 0.2) is 49.2 Å². The highest BCUT2D eigenvalue weighted by atomic mass is 16.5. The van der Waals surface area contributed by atoms with Crippen LogP contribution in [-0.2, 0) is 7.05 Å². The van der Waals surface area contributed by atoms with E-state index < -0.39 is 0 Å². The summed E-state index contributed by atoms with van der Waals surface area (Å²) >= 11 is 0. The van der Waals surface area contributed by atoms with Crippen LogP contribution in [0.4, 0.5) is 5.69 Å². The average molecular weight is 349 g/mol. The quantitative estimate of drug-likeness (QED) is 0.606. The predicted octanol–water partition coefficient (Wildman–Crippen LogP) is 2.21. The Bertz CT molecular complexity index is 1090. The Balaban J connectivity index is 1.67. The largest absolute Gasteiger partial charge is 0.436 e. The average Bonchev–Trinajstić information content (AvgIpc) is 3.19. The van der Waals surface area contributed by atoms with Crippen LogP contribution in [0.1, 0.15) is 16.1 Å². The number of nitrogens with zero attached hydrogens (tertiary/aromatic N) is 6. The molecule has 0 spiro atoms. The van der Waals surface area contributed by atoms with Crippen molar-refractivity contribution in [3.05, 3.63) is 60.4 Å². The molecule has 0 radical (unpaired) electrons. The van der Waals surface area contributed by atoms with Gasteiger partial charge in [0.1, 0.15) is 17.0 Å². The van der Waals surface area contributed by atoms with E-state index >= 15 is 0 Å². The molecule has 4 rings (SSSR count). The van der Waals surface area contributed by atoms with Crippen LogP contribution in [0.3, 0.4) is 0 Å². The molecule has 0 unspecified atom stereocenters. The van der Waals surface area contributed by atoms with Gasteiger partial charge in [-0.15, -0.1) is 0 Å². The van der Waals surface area contributed by atoms with E-state index in [0.717, 1.165) is 0 Å². The van der Waals surface area contributed by atoms with Crippen molar-refractivity contribution in [2.45, 2.75) is 6.92 Å². The Morgan fingerprint density at radius 2 is 2.12 bits per heavy atom. The lowest BCUT2D eigenvalue weighted by atomic mass is 10.3. The van der Waals surface area contributed by atoms with Crippen molar-refractivity contribution >= 4 is 17.2 Å². The van der Waals surface area contributed by atoms with E-state index in [2.05, 4.69) is 25.5 Å². The molecule has 0 fully saturated rings. The van der Waals surface area contributed by atoms with Gasteiger partial charge in [-0.25, -0.2) is 14.2 Å². The third-order valence-corrected chi connectivity index (χ3v) is 3.78. The summed E-state index contributed by atoms with van der Waals surface area (Å²) in [5.41, 5.74) is 1.95. The number of aromatic nitrogens is 6. The Labute approximate surface area is 148 Å². The standard InChI is InChI=1S/C17H15N7O2/c1-11-14(17(23(2)22-11)26-12-5-3-6-18-9-12)21-16(25)13-10-20-24-8-4-7-19-15(13)24/h3-10H,1-2H3,(H,21,25). The fraction of sp³-hybridized carbons (Fsp3) is 0.118. The van der Waals surface area contributed by atoms with E-state index in [0.29, 0.717) is 34.2 Å². The number of nitrogens with one attached hydrogen (secondary N) is 1. The van der Waals surface area contributed by atoms with Crippen LogP contribution in [0.2, 0.25) is 0 Å². The SMILES string of the molecule is Cc1nn(C)c(Oc2cccnc2)c1NC(=O)c1cnn2cccnc12. The number of carbonyl (C=O) groups excluding carboxylic acids is 1. The molecule has 0 bridgehead atoms. The lowest BCUT2D eigenvalue weighted by Gasteiger charge is -2.09. The Morgan fingerprint density at radius 3 is 2.92 bits per heavy atom. The molecule has 9 heteroatoms. The van der Waals surface area contributed by atoms with E-state index in [9.17, 15) is 4.79 Å². The molecule has 0 aromatic carbocycles. The second-order valence-electron chi connectivity index (χ2n) is 5.58. The van der Waals surface area contributed by atoms with Crippen molar-refractivity contribution in [2.75, 3.05) is 5.32 Å². The van der Waals surface area contributed by atoms with E-state index in [1.54, 1.807) is 61.6 Å². The molecule has 0 atom stereocenters. The molecule has 1 N–H and O–H groups in total. The second kappa shape index (κ2) is 6.28. The molecule has 130 valence electrons. The van der Waals surface area contributed by atoms with Gasteiger partial charge in [0.15, 0.2) is 5.65 Å². The van der Waals surface area contributed by atoms with Gasteiger partial charge in [0.2, 0.25) is 5.88 Å². The maximum atomic E-state index is 12.7. The summed E-state index contributed by atoms with van der Waals surface area (Å²) in [7, 11) is 1.74. The molecule has 9 nitrogen and oxygen atoms in total. The highest BCUT2D eigenvalue weighted by Gasteiger charge is 2.21. The van der Waals surface area contributed by atoms with Crippen molar-refractivity contribution in [3.8, 4) is 11.6 Å². The number of pyridine rings is 1. The van der Waals surface area contributed by atoms with Crippen molar-refractivity contribution in [1.82, 2.24) is 29.4 Å². The number of hydrogen-bond acceptors (Lipinski definition) is 6. The molecule has 0 aliphatic rings. The van der Waals surface area contributed by atoms with Gasteiger partial charge in [-0.2, -0.15) is 10.2 Å². The number of rotatable bonds is 4. The van der Waals surface area contributed by atoms with Crippen LogP contribution in [0.25, 0.3) is 5.65 Å². The van der Waals surface area contributed by atoms with Crippen LogP contribution < -0.4 is 10.1 Å². The maximum Gasteiger partial charge on any atom is 0.261 e. The number of amides is 1. The smallest absolute Gasteiger partial charge is 0.261 e. The first-order valence-corrected chi connectivity index (χ1v) is 7.84. The minimum atomic E-state index is -0.342. The fourth-order valence-corrected chi connectivity index (χ4v) is 2.59. The fourth-order valence-electron chi connectivity index (χ4n) is 2.59. The summed E-state index contributed by atoms with van der Waals surface area (Å²) in [6.45, 7) is 1.79. The second-order valence-corrected chi connectivity index (χ2v) is 5.58. The number of ether oxygens (including phenoxy) is 1. The topological polar surface area (TPSA) is 99.2 Å². The zero-order valence-corrected chi connectivity index (χ0v) is 14.1. The summed E-state index contributed by atoms with van der Waals surface area (Å²) in [5, 5.41) is 11.3. The number of aryl methyl sites for hydroxylation is 2. The lowest BCUT2D eigenvalue weighted by Crippen LogP contribution is -2.13. The predicted molar refractivity (Wildman–Crippen MR) is 93.2 cm³/mol. The molecule has 0 saturated heterocycles. The van der Waals surface area contributed by atoms with Gasteiger partial charge in [0.25, 0.3) is 5.91 Å². The van der Waals surface area contributed by atoms with E-state index in [4.69, 9.17) is 4.74 Å². The molecule has 1 amide bonds. The molecule has 4 aromatic heterocycles. The number of carbonyl (C=O) groups is 1. The van der Waals surface area contributed by atoms with E-state index in [1.165, 1.54) is 10.7 Å². The van der Waals surface area contributed by atoms with Gasteiger partial charge in [0.05, 0.1) is 18.1 Å². The molecular formula is C17H15N7O2. The maximum absolute atomic E-state index is 12.7. The van der Waals surface area contributed by atoms with Crippen molar-refractivity contribution in [3.63, 3.8) is 0 Å². The monoisotopic (exact) mass is 349 g/mol. The molecular weight excluding hydrogens is 334 g/mol. The molecule has 0 saturated carbocycles. The number of fused-ring (bicyclic) bond motifs is 1. The highest BCUT2D eigenvalue weighted by Crippen LogP contribution is 2.32. The summed E-state index contributed by atoms with van der Waals surface area (Å²) in [5.74, 6) is 0.614. The Morgan fingerprint density at radius 1 is 1.23 bits per heavy atom. The summed E-state index contributed by atoms with van der Waals surface area (Å²) in [6, 6.07) is 5.28. The minimum absolute atomic E-state index is 0.342. The lowest BCUT2D eigenvalue weighted by molar-refractivity contribution is 0.102. The van der Waals surface area contributed by atoms with Gasteiger partial charge in [-0.1, -0.05) is 0 Å². The highest BCUT2D eigenvalue weighted by molar-refractivity contribution is 6.08. The van der Waals surface area contributed by atoms with E-state index in [-0.39, 0.29) is 5.91 Å². The number of hydrogen-bond donors (Lipinski definition) is 1. The van der Waals surface area contributed by atoms with Gasteiger partial charge in [-0.05, 0) is 25.1 Å². The molecule has 26 heavy (non-hydrogen) atoms. The minimum Gasteiger partial charge on any atom is -0.436 e. The first-order chi connectivity index (χ1) is 12.6. The molecule has 4 aromatic rings. The Kier molecular flexibility index (Phi) is 3.81. The third kappa shape index (κ3) is 2.75. The first-order valence-electron chi connectivity index (χ1n) is 7.84. The Hall–Kier alpha value is -3.75. The van der Waals surface area contributed by atoms with Crippen molar-refractivity contribution < 1.29 is 9.53 Å². The van der Waals surface area contributed by atoms with Crippen LogP contribution in [0, 0.1) is 6.92 Å². The van der Waals surface area contributed by atoms with Crippen LogP contribution in [0.5, 0.6) is 11.6 Å². The molecule has 0 aliphatic carbocycles. The molecule has 4 heterocycles. The van der Waals surface area contributed by atoms with Crippen molar-refractivity contribution in [2.24, 2.45) is 7.05 Å². The van der Waals surface area contributed by atoms with Crippen LogP contribution >= 0.6 is 0 Å². The van der Waals surface area contributed by atoms with E-state index in [1.807, 2.05) is 0 Å².